The summed E-state index contributed by atoms with van der Waals surface area (Å²) in [7, 11) is 0. The normalized spacial score (nSPS) is 20.2. The molecule has 0 aromatic heterocycles. The lowest BCUT2D eigenvalue weighted by Gasteiger charge is -2.10. The zero-order valence-corrected chi connectivity index (χ0v) is 8.81. The lowest BCUT2D eigenvalue weighted by Crippen LogP contribution is -2.37. The summed E-state index contributed by atoms with van der Waals surface area (Å²) < 4.78 is 12.8. The number of carbonyl (C=O) groups excluding carboxylic acids is 1. The van der Waals surface area contributed by atoms with Crippen LogP contribution in [-0.2, 0) is 4.79 Å². The van der Waals surface area contributed by atoms with E-state index in [4.69, 9.17) is 0 Å². The second-order valence-corrected chi connectivity index (χ2v) is 4.30. The lowest BCUT2D eigenvalue weighted by molar-refractivity contribution is -0.117. The Kier molecular flexibility index (Phi) is 3.23. The van der Waals surface area contributed by atoms with Crippen molar-refractivity contribution in [2.24, 2.45) is 0 Å². The fourth-order valence-electron chi connectivity index (χ4n) is 1.36. The third-order valence-corrected chi connectivity index (χ3v) is 3.06. The maximum atomic E-state index is 12.8. The number of carbonyl (C=O) groups is 1. The molecule has 1 amide bonds. The van der Waals surface area contributed by atoms with Gasteiger partial charge in [-0.2, -0.15) is 0 Å². The number of hydrogen-bond acceptors (Lipinski definition) is 3. The van der Waals surface area contributed by atoms with Crippen LogP contribution in [0.5, 0.6) is 0 Å². The summed E-state index contributed by atoms with van der Waals surface area (Å²) >= 11 is 1.68. The molecule has 1 aromatic rings. The van der Waals surface area contributed by atoms with Crippen molar-refractivity contribution < 1.29 is 9.18 Å². The van der Waals surface area contributed by atoms with Gasteiger partial charge in [-0.25, -0.2) is 4.39 Å². The number of hydrogen-bond donors (Lipinski definition) is 2. The molecule has 0 radical (unpaired) electrons. The van der Waals surface area contributed by atoms with Crippen LogP contribution in [0, 0.1) is 5.82 Å². The molecule has 1 aliphatic heterocycles. The fourth-order valence-corrected chi connectivity index (χ4v) is 2.30. The summed E-state index contributed by atoms with van der Waals surface area (Å²) in [4.78, 5) is 11.6. The van der Waals surface area contributed by atoms with Crippen LogP contribution in [0.15, 0.2) is 24.3 Å². The highest BCUT2D eigenvalue weighted by atomic mass is 32.2. The van der Waals surface area contributed by atoms with Gasteiger partial charge in [0.1, 0.15) is 5.82 Å². The zero-order valence-electron chi connectivity index (χ0n) is 8.00. The van der Waals surface area contributed by atoms with Crippen LogP contribution < -0.4 is 10.6 Å². The Hall–Kier alpha value is -1.07. The van der Waals surface area contributed by atoms with Crippen molar-refractivity contribution in [3.8, 4) is 0 Å². The summed E-state index contributed by atoms with van der Waals surface area (Å²) in [5.74, 6) is 1.11. The van der Waals surface area contributed by atoms with Crippen LogP contribution >= 0.6 is 11.8 Å². The smallest absolute Gasteiger partial charge is 0.242 e. The number of halogens is 1. The van der Waals surface area contributed by atoms with E-state index >= 15 is 0 Å². The third-order valence-electron chi connectivity index (χ3n) is 2.12. The lowest BCUT2D eigenvalue weighted by atomic mass is 10.2. The van der Waals surface area contributed by atoms with E-state index in [9.17, 15) is 9.18 Å². The Morgan fingerprint density at radius 3 is 3.13 bits per heavy atom. The fraction of sp³-hybridized carbons (Fsp3) is 0.300. The second kappa shape index (κ2) is 4.63. The minimum Gasteiger partial charge on any atom is -0.325 e. The topological polar surface area (TPSA) is 41.1 Å². The first-order chi connectivity index (χ1) is 7.25. The molecule has 1 saturated heterocycles. The highest BCUT2D eigenvalue weighted by molar-refractivity contribution is 7.99. The second-order valence-electron chi connectivity index (χ2n) is 3.27. The number of rotatable bonds is 2. The molecule has 0 spiro atoms. The molecule has 3 nitrogen and oxygen atoms in total. The van der Waals surface area contributed by atoms with Gasteiger partial charge >= 0.3 is 0 Å². The van der Waals surface area contributed by atoms with Crippen LogP contribution in [-0.4, -0.2) is 23.6 Å². The third kappa shape index (κ3) is 2.70. The summed E-state index contributed by atoms with van der Waals surface area (Å²) in [5, 5.41) is 5.72. The van der Waals surface area contributed by atoms with E-state index in [0.717, 1.165) is 11.6 Å². The molecule has 0 saturated carbocycles. The van der Waals surface area contributed by atoms with Crippen molar-refractivity contribution in [3.05, 3.63) is 30.1 Å². The molecule has 2 rings (SSSR count). The van der Waals surface area contributed by atoms with Gasteiger partial charge in [0.25, 0.3) is 0 Å². The van der Waals surface area contributed by atoms with Gasteiger partial charge < -0.3 is 5.32 Å². The molecule has 0 unspecified atom stereocenters. The zero-order chi connectivity index (χ0) is 10.7. The van der Waals surface area contributed by atoms with Crippen molar-refractivity contribution in [2.75, 3.05) is 16.9 Å². The van der Waals surface area contributed by atoms with Crippen molar-refractivity contribution >= 4 is 23.4 Å². The van der Waals surface area contributed by atoms with Gasteiger partial charge in [-0.3, -0.25) is 10.1 Å². The van der Waals surface area contributed by atoms with E-state index in [1.807, 2.05) is 0 Å². The maximum Gasteiger partial charge on any atom is 0.242 e. The van der Waals surface area contributed by atoms with E-state index in [0.29, 0.717) is 5.69 Å². The van der Waals surface area contributed by atoms with Crippen LogP contribution in [0.2, 0.25) is 0 Å². The van der Waals surface area contributed by atoms with Crippen molar-refractivity contribution in [2.45, 2.75) is 6.04 Å². The molecule has 1 heterocycles. The Bertz CT molecular complexity index is 366. The molecule has 0 aliphatic carbocycles. The first-order valence-electron chi connectivity index (χ1n) is 4.63. The first-order valence-corrected chi connectivity index (χ1v) is 5.79. The maximum absolute atomic E-state index is 12.8. The van der Waals surface area contributed by atoms with Crippen LogP contribution in [0.25, 0.3) is 0 Å². The molecular weight excluding hydrogens is 215 g/mol. The van der Waals surface area contributed by atoms with E-state index in [1.165, 1.54) is 12.1 Å². The number of nitrogens with one attached hydrogen (secondary N) is 2. The average molecular weight is 226 g/mol. The van der Waals surface area contributed by atoms with Gasteiger partial charge in [-0.05, 0) is 18.2 Å². The van der Waals surface area contributed by atoms with Crippen LogP contribution in [0.3, 0.4) is 0 Å². The number of thioether (sulfide) groups is 1. The van der Waals surface area contributed by atoms with Crippen molar-refractivity contribution in [1.29, 1.82) is 0 Å². The quantitative estimate of drug-likeness (QED) is 0.801. The van der Waals surface area contributed by atoms with Gasteiger partial charge in [0, 0.05) is 17.3 Å². The Balaban J connectivity index is 1.99. The van der Waals surface area contributed by atoms with Gasteiger partial charge in [0.2, 0.25) is 5.91 Å². The largest absolute Gasteiger partial charge is 0.325 e. The minimum absolute atomic E-state index is 0.106. The minimum atomic E-state index is -0.346. The predicted molar refractivity (Wildman–Crippen MR) is 59.3 cm³/mol. The molecule has 1 atom stereocenters. The van der Waals surface area contributed by atoms with Crippen LogP contribution in [0.1, 0.15) is 0 Å². The average Bonchev–Trinajstić information content (AvgIpc) is 2.70. The summed E-state index contributed by atoms with van der Waals surface area (Å²) in [6, 6.07) is 5.72. The van der Waals surface area contributed by atoms with Gasteiger partial charge in [0.05, 0.1) is 6.04 Å². The Morgan fingerprint density at radius 2 is 2.47 bits per heavy atom. The van der Waals surface area contributed by atoms with Crippen molar-refractivity contribution in [1.82, 2.24) is 5.32 Å². The van der Waals surface area contributed by atoms with E-state index in [1.54, 1.807) is 23.9 Å². The highest BCUT2D eigenvalue weighted by Crippen LogP contribution is 2.13. The molecule has 1 fully saturated rings. The van der Waals surface area contributed by atoms with E-state index in [2.05, 4.69) is 10.6 Å². The number of anilines is 1. The first kappa shape index (κ1) is 10.4. The highest BCUT2D eigenvalue weighted by Gasteiger charge is 2.22. The number of amides is 1. The molecule has 15 heavy (non-hydrogen) atoms. The van der Waals surface area contributed by atoms with Gasteiger partial charge in [0.15, 0.2) is 0 Å². The SMILES string of the molecule is O=C(Nc1cccc(F)c1)[C@@H]1CSCN1. The monoisotopic (exact) mass is 226 g/mol. The van der Waals surface area contributed by atoms with Crippen LogP contribution in [0.4, 0.5) is 10.1 Å². The van der Waals surface area contributed by atoms with E-state index in [-0.39, 0.29) is 17.8 Å². The van der Waals surface area contributed by atoms with Gasteiger partial charge in [-0.15, -0.1) is 11.8 Å². The van der Waals surface area contributed by atoms with Gasteiger partial charge in [-0.1, -0.05) is 6.07 Å². The molecular formula is C10H11FN2OS. The summed E-state index contributed by atoms with van der Waals surface area (Å²) in [6.07, 6.45) is 0. The summed E-state index contributed by atoms with van der Waals surface area (Å²) in [6.45, 7) is 0. The molecule has 80 valence electrons. The molecule has 5 heteroatoms. The standard InChI is InChI=1S/C10H11FN2OS/c11-7-2-1-3-8(4-7)13-10(14)9-5-15-6-12-9/h1-4,9,12H,5-6H2,(H,13,14)/t9-/m0/s1. The van der Waals surface area contributed by atoms with E-state index < -0.39 is 0 Å². The Labute approximate surface area is 91.4 Å². The molecule has 0 bridgehead atoms. The van der Waals surface area contributed by atoms with Crippen molar-refractivity contribution in [3.63, 3.8) is 0 Å². The molecule has 2 N–H and O–H groups in total. The molecule has 1 aromatic carbocycles. The Morgan fingerprint density at radius 1 is 1.60 bits per heavy atom. The molecule has 1 aliphatic rings. The summed E-state index contributed by atoms with van der Waals surface area (Å²) in [5.41, 5.74) is 0.499. The number of benzene rings is 1. The predicted octanol–water partition coefficient (Wildman–Crippen LogP) is 1.43.